The van der Waals surface area contributed by atoms with Gasteiger partial charge in [-0.25, -0.2) is 9.67 Å². The molecule has 122 valence electrons. The molecule has 3 rings (SSSR count). The van der Waals surface area contributed by atoms with Crippen molar-refractivity contribution in [2.24, 2.45) is 5.92 Å². The highest BCUT2D eigenvalue weighted by Crippen LogP contribution is 2.22. The van der Waals surface area contributed by atoms with E-state index < -0.39 is 0 Å². The molecule has 1 atom stereocenters. The average Bonchev–Trinajstić information content (AvgIpc) is 3.15. The van der Waals surface area contributed by atoms with Crippen LogP contribution in [-0.4, -0.2) is 20.7 Å². The van der Waals surface area contributed by atoms with Crippen molar-refractivity contribution in [1.82, 2.24) is 20.1 Å². The Hall–Kier alpha value is -2.95. The summed E-state index contributed by atoms with van der Waals surface area (Å²) in [5, 5.41) is 7.21. The van der Waals surface area contributed by atoms with Crippen molar-refractivity contribution in [3.8, 4) is 5.69 Å². The van der Waals surface area contributed by atoms with E-state index in [2.05, 4.69) is 29.2 Å². The topological polar surface area (TPSA) is 59.8 Å². The summed E-state index contributed by atoms with van der Waals surface area (Å²) in [4.78, 5) is 16.5. The van der Waals surface area contributed by atoms with Crippen LogP contribution in [0.25, 0.3) is 5.69 Å². The molecule has 1 aromatic heterocycles. The first kappa shape index (κ1) is 15.9. The van der Waals surface area contributed by atoms with E-state index in [1.165, 1.54) is 6.33 Å². The van der Waals surface area contributed by atoms with E-state index in [0.717, 1.165) is 11.3 Å². The maximum atomic E-state index is 12.6. The monoisotopic (exact) mass is 320 g/mol. The summed E-state index contributed by atoms with van der Waals surface area (Å²) < 4.78 is 1.66. The molecule has 1 amide bonds. The normalized spacial score (nSPS) is 12.1. The Labute approximate surface area is 141 Å². The van der Waals surface area contributed by atoms with Gasteiger partial charge in [-0.05, 0) is 35.7 Å². The molecule has 0 aliphatic rings. The van der Waals surface area contributed by atoms with Gasteiger partial charge in [0.1, 0.15) is 12.7 Å². The first-order valence-corrected chi connectivity index (χ1v) is 7.96. The standard InChI is InChI=1S/C19H20N4O/c1-14(2)18(15-6-4-3-5-7-15)22-19(24)16-8-10-17(11-9-16)23-13-20-12-21-23/h3-14,18H,1-2H3,(H,22,24). The number of aromatic nitrogens is 3. The second-order valence-corrected chi connectivity index (χ2v) is 5.99. The molecular weight excluding hydrogens is 300 g/mol. The fourth-order valence-corrected chi connectivity index (χ4v) is 2.63. The Morgan fingerprint density at radius 1 is 1.04 bits per heavy atom. The number of hydrogen-bond donors (Lipinski definition) is 1. The van der Waals surface area contributed by atoms with Crippen LogP contribution in [0, 0.1) is 5.92 Å². The molecule has 0 bridgehead atoms. The number of amides is 1. The molecule has 1 heterocycles. The molecule has 0 saturated heterocycles. The third-order valence-electron chi connectivity index (χ3n) is 3.92. The van der Waals surface area contributed by atoms with E-state index in [0.29, 0.717) is 11.5 Å². The molecular formula is C19H20N4O. The molecule has 24 heavy (non-hydrogen) atoms. The third-order valence-corrected chi connectivity index (χ3v) is 3.92. The summed E-state index contributed by atoms with van der Waals surface area (Å²) in [6.45, 7) is 4.21. The van der Waals surface area contributed by atoms with Gasteiger partial charge in [0, 0.05) is 5.56 Å². The van der Waals surface area contributed by atoms with Gasteiger partial charge in [0.2, 0.25) is 0 Å². The lowest BCUT2D eigenvalue weighted by Crippen LogP contribution is -2.31. The van der Waals surface area contributed by atoms with Crippen molar-refractivity contribution >= 4 is 5.91 Å². The van der Waals surface area contributed by atoms with E-state index in [-0.39, 0.29) is 11.9 Å². The van der Waals surface area contributed by atoms with Crippen LogP contribution in [0.1, 0.15) is 35.8 Å². The Morgan fingerprint density at radius 3 is 2.33 bits per heavy atom. The third kappa shape index (κ3) is 3.51. The zero-order valence-corrected chi connectivity index (χ0v) is 13.8. The van der Waals surface area contributed by atoms with Crippen molar-refractivity contribution in [2.75, 3.05) is 0 Å². The predicted octanol–water partition coefficient (Wildman–Crippen LogP) is 3.39. The molecule has 1 unspecified atom stereocenters. The Balaban J connectivity index is 1.76. The van der Waals surface area contributed by atoms with Gasteiger partial charge in [-0.15, -0.1) is 0 Å². The average molecular weight is 320 g/mol. The zero-order chi connectivity index (χ0) is 16.9. The smallest absolute Gasteiger partial charge is 0.251 e. The minimum absolute atomic E-state index is 0.0197. The van der Waals surface area contributed by atoms with Crippen LogP contribution in [0.3, 0.4) is 0 Å². The molecule has 0 saturated carbocycles. The van der Waals surface area contributed by atoms with Gasteiger partial charge >= 0.3 is 0 Å². The number of carbonyl (C=O) groups is 1. The second kappa shape index (κ2) is 7.08. The van der Waals surface area contributed by atoms with Crippen molar-refractivity contribution in [2.45, 2.75) is 19.9 Å². The van der Waals surface area contributed by atoms with Gasteiger partial charge < -0.3 is 5.32 Å². The summed E-state index contributed by atoms with van der Waals surface area (Å²) in [6.07, 6.45) is 3.10. The zero-order valence-electron chi connectivity index (χ0n) is 13.8. The summed E-state index contributed by atoms with van der Waals surface area (Å²) in [7, 11) is 0. The van der Waals surface area contributed by atoms with E-state index in [4.69, 9.17) is 0 Å². The van der Waals surface area contributed by atoms with Crippen LogP contribution in [0.2, 0.25) is 0 Å². The summed E-state index contributed by atoms with van der Waals surface area (Å²) in [6, 6.07) is 17.3. The minimum Gasteiger partial charge on any atom is -0.345 e. The van der Waals surface area contributed by atoms with E-state index in [9.17, 15) is 4.79 Å². The lowest BCUT2D eigenvalue weighted by atomic mass is 9.95. The molecule has 1 N–H and O–H groups in total. The number of nitrogens with zero attached hydrogens (tertiary/aromatic N) is 3. The molecule has 0 spiro atoms. The van der Waals surface area contributed by atoms with E-state index in [1.807, 2.05) is 42.5 Å². The molecule has 0 radical (unpaired) electrons. The fraction of sp³-hybridized carbons (Fsp3) is 0.211. The van der Waals surface area contributed by atoms with Crippen molar-refractivity contribution < 1.29 is 4.79 Å². The minimum atomic E-state index is -0.0808. The Kier molecular flexibility index (Phi) is 4.70. The maximum Gasteiger partial charge on any atom is 0.251 e. The summed E-state index contributed by atoms with van der Waals surface area (Å²) in [5.74, 6) is 0.216. The summed E-state index contributed by atoms with van der Waals surface area (Å²) in [5.41, 5.74) is 2.60. The van der Waals surface area contributed by atoms with Crippen molar-refractivity contribution in [3.05, 3.63) is 78.4 Å². The lowest BCUT2D eigenvalue weighted by Gasteiger charge is -2.23. The number of benzene rings is 2. The predicted molar refractivity (Wildman–Crippen MR) is 92.8 cm³/mol. The number of nitrogens with one attached hydrogen (secondary N) is 1. The van der Waals surface area contributed by atoms with Gasteiger partial charge in [0.15, 0.2) is 0 Å². The van der Waals surface area contributed by atoms with E-state index >= 15 is 0 Å². The first-order valence-electron chi connectivity index (χ1n) is 7.96. The largest absolute Gasteiger partial charge is 0.345 e. The van der Waals surface area contributed by atoms with Crippen molar-refractivity contribution in [3.63, 3.8) is 0 Å². The number of rotatable bonds is 5. The van der Waals surface area contributed by atoms with Crippen LogP contribution >= 0.6 is 0 Å². The second-order valence-electron chi connectivity index (χ2n) is 5.99. The molecule has 3 aromatic rings. The SMILES string of the molecule is CC(C)C(NC(=O)c1ccc(-n2cncn2)cc1)c1ccccc1. The quantitative estimate of drug-likeness (QED) is 0.784. The van der Waals surface area contributed by atoms with Gasteiger partial charge in [0.05, 0.1) is 11.7 Å². The molecule has 5 heteroatoms. The van der Waals surface area contributed by atoms with Gasteiger partial charge in [-0.1, -0.05) is 44.2 Å². The van der Waals surface area contributed by atoms with Crippen LogP contribution in [0.5, 0.6) is 0 Å². The number of hydrogen-bond acceptors (Lipinski definition) is 3. The highest BCUT2D eigenvalue weighted by molar-refractivity contribution is 5.94. The van der Waals surface area contributed by atoms with Crippen LogP contribution in [0.15, 0.2) is 67.3 Å². The van der Waals surface area contributed by atoms with Crippen LogP contribution < -0.4 is 5.32 Å². The van der Waals surface area contributed by atoms with Crippen molar-refractivity contribution in [1.29, 1.82) is 0 Å². The molecule has 2 aromatic carbocycles. The molecule has 5 nitrogen and oxygen atoms in total. The first-order chi connectivity index (χ1) is 11.6. The lowest BCUT2D eigenvalue weighted by molar-refractivity contribution is 0.0925. The maximum absolute atomic E-state index is 12.6. The number of carbonyl (C=O) groups excluding carboxylic acids is 1. The molecule has 0 aliphatic heterocycles. The Bertz CT molecular complexity index is 780. The fourth-order valence-electron chi connectivity index (χ4n) is 2.63. The summed E-state index contributed by atoms with van der Waals surface area (Å²) >= 11 is 0. The van der Waals surface area contributed by atoms with Gasteiger partial charge in [0.25, 0.3) is 5.91 Å². The Morgan fingerprint density at radius 2 is 1.75 bits per heavy atom. The highest BCUT2D eigenvalue weighted by atomic mass is 16.1. The highest BCUT2D eigenvalue weighted by Gasteiger charge is 2.18. The molecule has 0 aliphatic carbocycles. The van der Waals surface area contributed by atoms with Crippen LogP contribution in [-0.2, 0) is 0 Å². The van der Waals surface area contributed by atoms with Gasteiger partial charge in [-0.2, -0.15) is 5.10 Å². The van der Waals surface area contributed by atoms with E-state index in [1.54, 1.807) is 23.1 Å². The molecule has 0 fully saturated rings. The van der Waals surface area contributed by atoms with Crippen LogP contribution in [0.4, 0.5) is 0 Å². The van der Waals surface area contributed by atoms with Gasteiger partial charge in [-0.3, -0.25) is 4.79 Å².